The molecule has 18 heavy (non-hydrogen) atoms. The van der Waals surface area contributed by atoms with E-state index in [1.54, 1.807) is 4.68 Å². The number of rotatable bonds is 4. The van der Waals surface area contributed by atoms with E-state index in [-0.39, 0.29) is 6.04 Å². The van der Waals surface area contributed by atoms with Gasteiger partial charge in [-0.05, 0) is 43.5 Å². The SMILES string of the molecule is CCC(N)Cc1ccc(-n2ccc(C)n2)c(Cl)c1. The van der Waals surface area contributed by atoms with Crippen molar-refractivity contribution in [3.8, 4) is 5.69 Å². The summed E-state index contributed by atoms with van der Waals surface area (Å²) in [5.41, 5.74) is 8.99. The van der Waals surface area contributed by atoms with Gasteiger partial charge in [0, 0.05) is 12.2 Å². The molecule has 1 aromatic heterocycles. The van der Waals surface area contributed by atoms with Crippen molar-refractivity contribution >= 4 is 11.6 Å². The first kappa shape index (κ1) is 13.1. The summed E-state index contributed by atoms with van der Waals surface area (Å²) in [4.78, 5) is 0. The molecule has 2 aromatic rings. The predicted molar refractivity (Wildman–Crippen MR) is 75.3 cm³/mol. The van der Waals surface area contributed by atoms with Gasteiger partial charge < -0.3 is 5.73 Å². The maximum Gasteiger partial charge on any atom is 0.0832 e. The number of halogens is 1. The average Bonchev–Trinajstić information content (AvgIpc) is 2.75. The van der Waals surface area contributed by atoms with E-state index in [1.165, 1.54) is 5.56 Å². The first-order valence-electron chi connectivity index (χ1n) is 6.16. The second-order valence-corrected chi connectivity index (χ2v) is 4.97. The molecule has 0 aliphatic carbocycles. The van der Waals surface area contributed by atoms with Crippen LogP contribution in [0.15, 0.2) is 30.5 Å². The van der Waals surface area contributed by atoms with E-state index in [2.05, 4.69) is 18.1 Å². The summed E-state index contributed by atoms with van der Waals surface area (Å²) in [6.45, 7) is 4.05. The molecule has 1 aromatic carbocycles. The third-order valence-corrected chi connectivity index (χ3v) is 3.31. The lowest BCUT2D eigenvalue weighted by molar-refractivity contribution is 0.646. The summed E-state index contributed by atoms with van der Waals surface area (Å²) < 4.78 is 1.79. The van der Waals surface area contributed by atoms with Crippen LogP contribution < -0.4 is 5.73 Å². The molecule has 0 aliphatic heterocycles. The van der Waals surface area contributed by atoms with Crippen molar-refractivity contribution < 1.29 is 0 Å². The van der Waals surface area contributed by atoms with Crippen molar-refractivity contribution in [3.05, 3.63) is 46.7 Å². The maximum atomic E-state index is 6.30. The van der Waals surface area contributed by atoms with Gasteiger partial charge in [-0.25, -0.2) is 4.68 Å². The minimum absolute atomic E-state index is 0.193. The molecule has 2 N–H and O–H groups in total. The summed E-state index contributed by atoms with van der Waals surface area (Å²) in [6.07, 6.45) is 3.74. The Hall–Kier alpha value is -1.32. The number of nitrogens with zero attached hydrogens (tertiary/aromatic N) is 2. The van der Waals surface area contributed by atoms with Crippen LogP contribution in [0.4, 0.5) is 0 Å². The summed E-state index contributed by atoms with van der Waals surface area (Å²) in [5, 5.41) is 5.06. The Morgan fingerprint density at radius 3 is 2.72 bits per heavy atom. The molecule has 1 unspecified atom stereocenters. The molecular formula is C14H18ClN3. The molecule has 0 saturated heterocycles. The zero-order valence-electron chi connectivity index (χ0n) is 10.7. The zero-order chi connectivity index (χ0) is 13.1. The Balaban J connectivity index is 2.25. The van der Waals surface area contributed by atoms with Gasteiger partial charge in [0.2, 0.25) is 0 Å². The van der Waals surface area contributed by atoms with Crippen LogP contribution >= 0.6 is 11.6 Å². The van der Waals surface area contributed by atoms with Gasteiger partial charge in [-0.1, -0.05) is 24.6 Å². The van der Waals surface area contributed by atoms with Crippen LogP contribution in [0.5, 0.6) is 0 Å². The number of nitrogens with two attached hydrogens (primary N) is 1. The quantitative estimate of drug-likeness (QED) is 0.921. The maximum absolute atomic E-state index is 6.30. The van der Waals surface area contributed by atoms with Crippen molar-refractivity contribution in [2.75, 3.05) is 0 Å². The smallest absolute Gasteiger partial charge is 0.0832 e. The molecule has 1 atom stereocenters. The number of aromatic nitrogens is 2. The van der Waals surface area contributed by atoms with Gasteiger partial charge in [0.1, 0.15) is 0 Å². The van der Waals surface area contributed by atoms with Gasteiger partial charge in [0.25, 0.3) is 0 Å². The van der Waals surface area contributed by atoms with Gasteiger partial charge >= 0.3 is 0 Å². The van der Waals surface area contributed by atoms with Crippen LogP contribution in [0.25, 0.3) is 5.69 Å². The van der Waals surface area contributed by atoms with Crippen molar-refractivity contribution in [2.24, 2.45) is 5.73 Å². The number of hydrogen-bond acceptors (Lipinski definition) is 2. The largest absolute Gasteiger partial charge is 0.327 e. The number of hydrogen-bond donors (Lipinski definition) is 1. The Kier molecular flexibility index (Phi) is 4.04. The highest BCUT2D eigenvalue weighted by Crippen LogP contribution is 2.22. The van der Waals surface area contributed by atoms with Crippen LogP contribution in [-0.2, 0) is 6.42 Å². The monoisotopic (exact) mass is 263 g/mol. The topological polar surface area (TPSA) is 43.8 Å². The van der Waals surface area contributed by atoms with Crippen molar-refractivity contribution in [3.63, 3.8) is 0 Å². The highest BCUT2D eigenvalue weighted by molar-refractivity contribution is 6.32. The molecule has 0 fully saturated rings. The fourth-order valence-corrected chi connectivity index (χ4v) is 2.15. The van der Waals surface area contributed by atoms with Gasteiger partial charge in [-0.15, -0.1) is 0 Å². The molecule has 0 saturated carbocycles. The molecule has 1 heterocycles. The van der Waals surface area contributed by atoms with Crippen molar-refractivity contribution in [1.82, 2.24) is 9.78 Å². The van der Waals surface area contributed by atoms with Gasteiger partial charge in [0.15, 0.2) is 0 Å². The highest BCUT2D eigenvalue weighted by atomic mass is 35.5. The molecule has 0 spiro atoms. The molecule has 0 bridgehead atoms. The summed E-state index contributed by atoms with van der Waals surface area (Å²) >= 11 is 6.30. The number of aryl methyl sites for hydroxylation is 1. The van der Waals surface area contributed by atoms with E-state index in [0.717, 1.165) is 24.2 Å². The fourth-order valence-electron chi connectivity index (χ4n) is 1.86. The molecule has 0 aliphatic rings. The Morgan fingerprint density at radius 1 is 1.39 bits per heavy atom. The Morgan fingerprint density at radius 2 is 2.17 bits per heavy atom. The second-order valence-electron chi connectivity index (χ2n) is 4.56. The van der Waals surface area contributed by atoms with Crippen molar-refractivity contribution in [2.45, 2.75) is 32.7 Å². The first-order valence-corrected chi connectivity index (χ1v) is 6.54. The standard InChI is InChI=1S/C14H18ClN3/c1-3-12(16)8-11-4-5-14(13(15)9-11)18-7-6-10(2)17-18/h4-7,9,12H,3,8,16H2,1-2H3. The molecule has 0 amide bonds. The number of benzene rings is 1. The zero-order valence-corrected chi connectivity index (χ0v) is 11.5. The van der Waals surface area contributed by atoms with E-state index in [4.69, 9.17) is 17.3 Å². The highest BCUT2D eigenvalue weighted by Gasteiger charge is 2.07. The van der Waals surface area contributed by atoms with Gasteiger partial charge in [-0.2, -0.15) is 5.10 Å². The van der Waals surface area contributed by atoms with E-state index in [1.807, 2.05) is 31.3 Å². The normalized spacial score (nSPS) is 12.7. The molecule has 0 radical (unpaired) electrons. The van der Waals surface area contributed by atoms with Crippen molar-refractivity contribution in [1.29, 1.82) is 0 Å². The van der Waals surface area contributed by atoms with E-state index in [0.29, 0.717) is 5.02 Å². The lowest BCUT2D eigenvalue weighted by Gasteiger charge is -2.11. The lowest BCUT2D eigenvalue weighted by atomic mass is 10.0. The third-order valence-electron chi connectivity index (χ3n) is 3.00. The molecule has 96 valence electrons. The van der Waals surface area contributed by atoms with Crippen LogP contribution in [0.1, 0.15) is 24.6 Å². The van der Waals surface area contributed by atoms with Crippen LogP contribution in [0, 0.1) is 6.92 Å². The Bertz CT molecular complexity index is 534. The average molecular weight is 264 g/mol. The second kappa shape index (κ2) is 5.55. The molecular weight excluding hydrogens is 246 g/mol. The van der Waals surface area contributed by atoms with Gasteiger partial charge in [-0.3, -0.25) is 0 Å². The Labute approximate surface area is 113 Å². The van der Waals surface area contributed by atoms with E-state index in [9.17, 15) is 0 Å². The molecule has 4 heteroatoms. The lowest BCUT2D eigenvalue weighted by Crippen LogP contribution is -2.21. The van der Waals surface area contributed by atoms with Crippen LogP contribution in [0.2, 0.25) is 5.02 Å². The molecule has 2 rings (SSSR count). The van der Waals surface area contributed by atoms with Crippen LogP contribution in [0.3, 0.4) is 0 Å². The summed E-state index contributed by atoms with van der Waals surface area (Å²) in [6, 6.07) is 8.18. The first-order chi connectivity index (χ1) is 8.60. The third kappa shape index (κ3) is 2.92. The van der Waals surface area contributed by atoms with E-state index < -0.39 is 0 Å². The van der Waals surface area contributed by atoms with E-state index >= 15 is 0 Å². The minimum Gasteiger partial charge on any atom is -0.327 e. The van der Waals surface area contributed by atoms with Gasteiger partial charge in [0.05, 0.1) is 16.4 Å². The summed E-state index contributed by atoms with van der Waals surface area (Å²) in [7, 11) is 0. The minimum atomic E-state index is 0.193. The fraction of sp³-hybridized carbons (Fsp3) is 0.357. The van der Waals surface area contributed by atoms with Crippen LogP contribution in [-0.4, -0.2) is 15.8 Å². The summed E-state index contributed by atoms with van der Waals surface area (Å²) in [5.74, 6) is 0. The predicted octanol–water partition coefficient (Wildman–Crippen LogP) is 3.11. The molecule has 3 nitrogen and oxygen atoms in total.